The number of allylic oxidation sites excluding steroid dienone is 1. The van der Waals surface area contributed by atoms with Crippen LogP contribution in [0.2, 0.25) is 0 Å². The average Bonchev–Trinajstić information content (AvgIpc) is 2.69. The molecular formula is C19H22F3N7. The van der Waals surface area contributed by atoms with Gasteiger partial charge in [-0.05, 0) is 25.0 Å². The van der Waals surface area contributed by atoms with Crippen LogP contribution in [0.5, 0.6) is 0 Å². The molecule has 1 saturated carbocycles. The van der Waals surface area contributed by atoms with E-state index in [9.17, 15) is 13.2 Å². The van der Waals surface area contributed by atoms with Crippen LogP contribution in [-0.4, -0.2) is 47.1 Å². The van der Waals surface area contributed by atoms with E-state index in [0.717, 1.165) is 6.20 Å². The average molecular weight is 405 g/mol. The summed E-state index contributed by atoms with van der Waals surface area (Å²) < 4.78 is 42.0. The highest BCUT2D eigenvalue weighted by molar-refractivity contribution is 6.10. The second kappa shape index (κ2) is 8.99. The SMILES string of the molecule is CN/C=C(F)\C(=N/CN)c1cnc(NC[C@]2(c3ncccc3F)C[C@H](F)C2)nc1. The zero-order valence-corrected chi connectivity index (χ0v) is 15.9. The number of rotatable bonds is 8. The summed E-state index contributed by atoms with van der Waals surface area (Å²) in [6, 6.07) is 2.81. The Morgan fingerprint density at radius 2 is 2.07 bits per heavy atom. The van der Waals surface area contributed by atoms with Crippen LogP contribution in [0.4, 0.5) is 19.1 Å². The number of alkyl halides is 1. The molecule has 4 N–H and O–H groups in total. The number of halogens is 3. The van der Waals surface area contributed by atoms with Crippen molar-refractivity contribution in [2.45, 2.75) is 24.4 Å². The third-order valence-electron chi connectivity index (χ3n) is 4.74. The molecule has 2 heterocycles. The molecule has 29 heavy (non-hydrogen) atoms. The van der Waals surface area contributed by atoms with Gasteiger partial charge in [-0.3, -0.25) is 9.98 Å². The van der Waals surface area contributed by atoms with Gasteiger partial charge >= 0.3 is 0 Å². The maximum atomic E-state index is 14.2. The molecule has 0 amide bonds. The Labute approximate surface area is 166 Å². The smallest absolute Gasteiger partial charge is 0.222 e. The molecule has 3 rings (SSSR count). The minimum absolute atomic E-state index is 0.0275. The topological polar surface area (TPSA) is 101 Å². The standard InChI is InChI=1S/C19H22F3N7/c1-24-9-15(22)16(29-11-23)12-7-26-18(27-8-12)28-10-19(5-13(20)6-19)17-14(21)3-2-4-25-17/h2-4,7-9,13,24H,5-6,10-11,23H2,1H3,(H,26,27,28)/b15-9+,29-16-/t13-,19-. The number of hydrogen-bond donors (Lipinski definition) is 3. The maximum absolute atomic E-state index is 14.2. The molecule has 0 aromatic carbocycles. The van der Waals surface area contributed by atoms with E-state index >= 15 is 0 Å². The van der Waals surface area contributed by atoms with E-state index in [0.29, 0.717) is 5.56 Å². The minimum Gasteiger partial charge on any atom is -0.392 e. The molecule has 2 aromatic rings. The molecule has 0 aliphatic heterocycles. The van der Waals surface area contributed by atoms with Crippen molar-refractivity contribution < 1.29 is 13.2 Å². The van der Waals surface area contributed by atoms with Crippen LogP contribution in [0, 0.1) is 5.82 Å². The zero-order chi connectivity index (χ0) is 20.9. The molecule has 2 aromatic heterocycles. The third-order valence-corrected chi connectivity index (χ3v) is 4.74. The summed E-state index contributed by atoms with van der Waals surface area (Å²) in [6.45, 7) is 0.126. The number of nitrogens with one attached hydrogen (secondary N) is 2. The Morgan fingerprint density at radius 1 is 1.34 bits per heavy atom. The molecule has 10 heteroatoms. The molecule has 0 atom stereocenters. The Hall–Kier alpha value is -3.01. The van der Waals surface area contributed by atoms with E-state index in [1.54, 1.807) is 7.05 Å². The molecule has 0 unspecified atom stereocenters. The first-order chi connectivity index (χ1) is 14.0. The molecule has 7 nitrogen and oxygen atoms in total. The Bertz CT molecular complexity index is 893. The third kappa shape index (κ3) is 4.53. The van der Waals surface area contributed by atoms with Gasteiger partial charge in [0.25, 0.3) is 0 Å². The number of aliphatic imine (C=N–C) groups is 1. The molecule has 1 aliphatic rings. The van der Waals surface area contributed by atoms with Crippen molar-refractivity contribution in [1.29, 1.82) is 0 Å². The van der Waals surface area contributed by atoms with Crippen molar-refractivity contribution in [2.75, 3.05) is 25.6 Å². The molecular weight excluding hydrogens is 383 g/mol. The van der Waals surface area contributed by atoms with Gasteiger partial charge in [-0.15, -0.1) is 0 Å². The van der Waals surface area contributed by atoms with Crippen molar-refractivity contribution in [1.82, 2.24) is 20.3 Å². The number of aromatic nitrogens is 3. The van der Waals surface area contributed by atoms with Gasteiger partial charge < -0.3 is 16.4 Å². The fourth-order valence-corrected chi connectivity index (χ4v) is 3.37. The fourth-order valence-electron chi connectivity index (χ4n) is 3.37. The summed E-state index contributed by atoms with van der Waals surface area (Å²) in [6.07, 6.45) is 4.77. The molecule has 1 fully saturated rings. The van der Waals surface area contributed by atoms with Crippen LogP contribution < -0.4 is 16.4 Å². The van der Waals surface area contributed by atoms with E-state index in [1.165, 1.54) is 30.7 Å². The molecule has 0 radical (unpaired) electrons. The van der Waals surface area contributed by atoms with Gasteiger partial charge in [0.15, 0.2) is 5.83 Å². The van der Waals surface area contributed by atoms with Crippen LogP contribution >= 0.6 is 0 Å². The highest BCUT2D eigenvalue weighted by atomic mass is 19.1. The van der Waals surface area contributed by atoms with Crippen molar-refractivity contribution in [3.8, 4) is 0 Å². The lowest BCUT2D eigenvalue weighted by molar-refractivity contribution is 0.0963. The Balaban J connectivity index is 1.75. The second-order valence-corrected chi connectivity index (χ2v) is 6.74. The van der Waals surface area contributed by atoms with Crippen LogP contribution in [0.25, 0.3) is 0 Å². The van der Waals surface area contributed by atoms with Gasteiger partial charge in [-0.2, -0.15) is 0 Å². The first-order valence-corrected chi connectivity index (χ1v) is 9.08. The predicted octanol–water partition coefficient (Wildman–Crippen LogP) is 2.23. The summed E-state index contributed by atoms with van der Waals surface area (Å²) in [7, 11) is 1.56. The summed E-state index contributed by atoms with van der Waals surface area (Å²) in [4.78, 5) is 16.3. The van der Waals surface area contributed by atoms with Gasteiger partial charge in [0.2, 0.25) is 5.95 Å². The van der Waals surface area contributed by atoms with Gasteiger partial charge in [-0.25, -0.2) is 23.1 Å². The lowest BCUT2D eigenvalue weighted by atomic mass is 9.65. The normalized spacial score (nSPS) is 22.2. The number of pyridine rings is 1. The lowest BCUT2D eigenvalue weighted by Crippen LogP contribution is -2.49. The van der Waals surface area contributed by atoms with E-state index in [-0.39, 0.29) is 43.4 Å². The molecule has 0 bridgehead atoms. The molecule has 1 aliphatic carbocycles. The first kappa shape index (κ1) is 20.7. The van der Waals surface area contributed by atoms with Gasteiger partial charge in [0.05, 0.1) is 12.4 Å². The minimum atomic E-state index is -1.00. The molecule has 0 spiro atoms. The van der Waals surface area contributed by atoms with Crippen molar-refractivity contribution in [3.63, 3.8) is 0 Å². The van der Waals surface area contributed by atoms with Gasteiger partial charge in [0, 0.05) is 49.4 Å². The summed E-state index contributed by atoms with van der Waals surface area (Å²) in [5.74, 6) is -0.820. The van der Waals surface area contributed by atoms with Crippen LogP contribution in [-0.2, 0) is 5.41 Å². The Morgan fingerprint density at radius 3 is 2.66 bits per heavy atom. The highest BCUT2D eigenvalue weighted by Gasteiger charge is 2.48. The van der Waals surface area contributed by atoms with Gasteiger partial charge in [0.1, 0.15) is 17.7 Å². The molecule has 0 saturated heterocycles. The zero-order valence-electron chi connectivity index (χ0n) is 15.9. The predicted molar refractivity (Wildman–Crippen MR) is 104 cm³/mol. The van der Waals surface area contributed by atoms with Crippen LogP contribution in [0.3, 0.4) is 0 Å². The van der Waals surface area contributed by atoms with Crippen molar-refractivity contribution >= 4 is 11.7 Å². The van der Waals surface area contributed by atoms with E-state index in [2.05, 4.69) is 30.6 Å². The van der Waals surface area contributed by atoms with Crippen LogP contribution in [0.1, 0.15) is 24.1 Å². The number of nitrogens with two attached hydrogens (primary N) is 1. The van der Waals surface area contributed by atoms with Gasteiger partial charge in [-0.1, -0.05) is 0 Å². The second-order valence-electron chi connectivity index (χ2n) is 6.74. The van der Waals surface area contributed by atoms with E-state index in [4.69, 9.17) is 5.73 Å². The molecule has 154 valence electrons. The van der Waals surface area contributed by atoms with E-state index in [1.807, 2.05) is 0 Å². The van der Waals surface area contributed by atoms with Crippen molar-refractivity contribution in [2.24, 2.45) is 10.7 Å². The number of anilines is 1. The quantitative estimate of drug-likeness (QED) is 0.583. The Kier molecular flexibility index (Phi) is 6.42. The number of nitrogens with zero attached hydrogens (tertiary/aromatic N) is 4. The van der Waals surface area contributed by atoms with Crippen LogP contribution in [0.15, 0.2) is 47.7 Å². The largest absolute Gasteiger partial charge is 0.392 e. The summed E-state index contributed by atoms with van der Waals surface area (Å²) in [5, 5.41) is 5.59. The monoisotopic (exact) mass is 405 g/mol. The first-order valence-electron chi connectivity index (χ1n) is 9.08. The fraction of sp³-hybridized carbons (Fsp3) is 0.368. The maximum Gasteiger partial charge on any atom is 0.222 e. The lowest BCUT2D eigenvalue weighted by Gasteiger charge is -2.43. The highest BCUT2D eigenvalue weighted by Crippen LogP contribution is 2.45. The summed E-state index contributed by atoms with van der Waals surface area (Å²) in [5.41, 5.74) is 5.25. The number of hydrogen-bond acceptors (Lipinski definition) is 7. The van der Waals surface area contributed by atoms with Crippen molar-refractivity contribution in [3.05, 3.63) is 59.8 Å². The van der Waals surface area contributed by atoms with E-state index < -0.39 is 23.2 Å². The summed E-state index contributed by atoms with van der Waals surface area (Å²) >= 11 is 0.